The lowest BCUT2D eigenvalue weighted by Gasteiger charge is -2.37. The highest BCUT2D eigenvalue weighted by Gasteiger charge is 2.39. The van der Waals surface area contributed by atoms with Gasteiger partial charge in [-0.1, -0.05) is 20.8 Å². The predicted molar refractivity (Wildman–Crippen MR) is 83.7 cm³/mol. The lowest BCUT2D eigenvalue weighted by Crippen LogP contribution is -2.44. The quantitative estimate of drug-likeness (QED) is 0.581. The zero-order chi connectivity index (χ0) is 15.0. The number of hydrogen-bond donors (Lipinski definition) is 0. The van der Waals surface area contributed by atoms with Crippen molar-refractivity contribution >= 4 is 14.1 Å². The molecule has 2 nitrogen and oxygen atoms in total. The molecule has 0 bridgehead atoms. The standard InChI is InChI=1S/C16H26O2Si/c1-11-9-14(13(3)17)10-12(2)15(11)18-19(7,8)16(4,5)6/h9-10H,1-8H3. The van der Waals surface area contributed by atoms with E-state index in [1.807, 2.05) is 26.0 Å². The molecule has 0 N–H and O–H groups in total. The molecule has 0 heterocycles. The number of hydrogen-bond acceptors (Lipinski definition) is 2. The maximum Gasteiger partial charge on any atom is 0.250 e. The van der Waals surface area contributed by atoms with Crippen LogP contribution in [0.3, 0.4) is 0 Å². The number of carbonyl (C=O) groups excluding carboxylic acids is 1. The van der Waals surface area contributed by atoms with Crippen LogP contribution in [0.25, 0.3) is 0 Å². The molecule has 3 heteroatoms. The van der Waals surface area contributed by atoms with Crippen molar-refractivity contribution in [1.82, 2.24) is 0 Å². The Morgan fingerprint density at radius 2 is 1.53 bits per heavy atom. The number of Topliss-reactive ketones (excluding diaryl/α,β-unsaturated/α-hetero) is 1. The topological polar surface area (TPSA) is 26.3 Å². The minimum Gasteiger partial charge on any atom is -0.543 e. The van der Waals surface area contributed by atoms with Crippen LogP contribution in [-0.4, -0.2) is 14.1 Å². The Labute approximate surface area is 118 Å². The van der Waals surface area contributed by atoms with Crippen molar-refractivity contribution in [2.45, 2.75) is 59.7 Å². The Morgan fingerprint density at radius 1 is 1.11 bits per heavy atom. The van der Waals surface area contributed by atoms with E-state index in [1.165, 1.54) is 0 Å². The van der Waals surface area contributed by atoms with E-state index in [4.69, 9.17) is 4.43 Å². The molecule has 19 heavy (non-hydrogen) atoms. The van der Waals surface area contributed by atoms with Crippen molar-refractivity contribution in [1.29, 1.82) is 0 Å². The molecule has 1 rings (SSSR count). The summed E-state index contributed by atoms with van der Waals surface area (Å²) in [4.78, 5) is 11.5. The maximum absolute atomic E-state index is 11.5. The Hall–Kier alpha value is -1.09. The van der Waals surface area contributed by atoms with Gasteiger partial charge in [-0.3, -0.25) is 4.79 Å². The van der Waals surface area contributed by atoms with Crippen molar-refractivity contribution in [3.63, 3.8) is 0 Å². The van der Waals surface area contributed by atoms with Gasteiger partial charge in [-0.05, 0) is 62.2 Å². The Kier molecular flexibility index (Phi) is 4.30. The van der Waals surface area contributed by atoms with Gasteiger partial charge >= 0.3 is 0 Å². The summed E-state index contributed by atoms with van der Waals surface area (Å²) in [5.41, 5.74) is 2.86. The molecule has 0 saturated heterocycles. The first-order chi connectivity index (χ1) is 8.45. The summed E-state index contributed by atoms with van der Waals surface area (Å²) in [7, 11) is -1.84. The minimum atomic E-state index is -1.84. The minimum absolute atomic E-state index is 0.102. The summed E-state index contributed by atoms with van der Waals surface area (Å²) in [6.07, 6.45) is 0. The smallest absolute Gasteiger partial charge is 0.250 e. The van der Waals surface area contributed by atoms with Gasteiger partial charge in [-0.25, -0.2) is 0 Å². The monoisotopic (exact) mass is 278 g/mol. The Morgan fingerprint density at radius 3 is 1.84 bits per heavy atom. The van der Waals surface area contributed by atoms with Gasteiger partial charge in [0.2, 0.25) is 0 Å². The second kappa shape index (κ2) is 5.12. The summed E-state index contributed by atoms with van der Waals surface area (Å²) in [6, 6.07) is 3.86. The number of aryl methyl sites for hydroxylation is 2. The SMILES string of the molecule is CC(=O)c1cc(C)c(O[Si](C)(C)C(C)(C)C)c(C)c1. The molecular weight excluding hydrogens is 252 g/mol. The molecule has 0 fully saturated rings. The number of ketones is 1. The predicted octanol–water partition coefficient (Wildman–Crippen LogP) is 4.89. The van der Waals surface area contributed by atoms with E-state index in [0.717, 1.165) is 22.4 Å². The summed E-state index contributed by atoms with van der Waals surface area (Å²) >= 11 is 0. The third kappa shape index (κ3) is 3.47. The van der Waals surface area contributed by atoms with Crippen LogP contribution < -0.4 is 4.43 Å². The van der Waals surface area contributed by atoms with Crippen molar-refractivity contribution in [3.8, 4) is 5.75 Å². The summed E-state index contributed by atoms with van der Waals surface area (Å²) in [5.74, 6) is 1.06. The van der Waals surface area contributed by atoms with Crippen molar-refractivity contribution in [2.75, 3.05) is 0 Å². The lowest BCUT2D eigenvalue weighted by molar-refractivity contribution is 0.101. The second-order valence-corrected chi connectivity index (χ2v) is 11.6. The van der Waals surface area contributed by atoms with E-state index < -0.39 is 8.32 Å². The molecule has 0 aliphatic heterocycles. The molecule has 1 aromatic rings. The van der Waals surface area contributed by atoms with Crippen molar-refractivity contribution in [3.05, 3.63) is 28.8 Å². The number of carbonyl (C=O) groups is 1. The largest absolute Gasteiger partial charge is 0.543 e. The highest BCUT2D eigenvalue weighted by molar-refractivity contribution is 6.74. The lowest BCUT2D eigenvalue weighted by atomic mass is 10.0. The Balaban J connectivity index is 3.20. The third-order valence-electron chi connectivity index (χ3n) is 4.03. The van der Waals surface area contributed by atoms with Gasteiger partial charge in [0, 0.05) is 5.56 Å². The zero-order valence-electron chi connectivity index (χ0n) is 13.5. The van der Waals surface area contributed by atoms with Crippen LogP contribution in [0.4, 0.5) is 0 Å². The molecule has 0 unspecified atom stereocenters. The van der Waals surface area contributed by atoms with Gasteiger partial charge in [0.1, 0.15) is 5.75 Å². The summed E-state index contributed by atoms with van der Waals surface area (Å²) in [5, 5.41) is 0.172. The van der Waals surface area contributed by atoms with Crippen LogP contribution in [0.1, 0.15) is 49.2 Å². The fraction of sp³-hybridized carbons (Fsp3) is 0.562. The molecule has 0 saturated carbocycles. The first-order valence-electron chi connectivity index (χ1n) is 6.77. The molecule has 0 aromatic heterocycles. The molecule has 0 atom stereocenters. The van der Waals surface area contributed by atoms with E-state index in [-0.39, 0.29) is 10.8 Å². The highest BCUT2D eigenvalue weighted by atomic mass is 28.4. The van der Waals surface area contributed by atoms with Crippen LogP contribution in [0.2, 0.25) is 18.1 Å². The first kappa shape index (κ1) is 16.0. The highest BCUT2D eigenvalue weighted by Crippen LogP contribution is 2.39. The summed E-state index contributed by atoms with van der Waals surface area (Å²) < 4.78 is 6.39. The molecular formula is C16H26O2Si. The van der Waals surface area contributed by atoms with Crippen LogP contribution in [-0.2, 0) is 0 Å². The average molecular weight is 278 g/mol. The van der Waals surface area contributed by atoms with E-state index in [1.54, 1.807) is 6.92 Å². The van der Waals surface area contributed by atoms with E-state index >= 15 is 0 Å². The van der Waals surface area contributed by atoms with Crippen molar-refractivity contribution < 1.29 is 9.22 Å². The van der Waals surface area contributed by atoms with Gasteiger partial charge in [0.25, 0.3) is 8.32 Å². The van der Waals surface area contributed by atoms with E-state index in [0.29, 0.717) is 0 Å². The second-order valence-electron chi connectivity index (χ2n) is 6.86. The van der Waals surface area contributed by atoms with Crippen LogP contribution in [0, 0.1) is 13.8 Å². The fourth-order valence-corrected chi connectivity index (χ4v) is 2.86. The third-order valence-corrected chi connectivity index (χ3v) is 8.36. The summed E-state index contributed by atoms with van der Waals surface area (Å²) in [6.45, 7) is 16.8. The molecule has 0 aliphatic rings. The fourth-order valence-electron chi connectivity index (χ4n) is 1.72. The zero-order valence-corrected chi connectivity index (χ0v) is 14.5. The average Bonchev–Trinajstić information content (AvgIpc) is 2.21. The van der Waals surface area contributed by atoms with Crippen LogP contribution in [0.5, 0.6) is 5.75 Å². The maximum atomic E-state index is 11.5. The first-order valence-corrected chi connectivity index (χ1v) is 9.68. The number of benzene rings is 1. The van der Waals surface area contributed by atoms with Gasteiger partial charge in [-0.15, -0.1) is 0 Å². The molecule has 106 valence electrons. The normalized spacial score (nSPS) is 12.4. The van der Waals surface area contributed by atoms with Crippen molar-refractivity contribution in [2.24, 2.45) is 0 Å². The molecule has 0 aliphatic carbocycles. The van der Waals surface area contributed by atoms with Gasteiger partial charge < -0.3 is 4.43 Å². The molecule has 1 aromatic carbocycles. The molecule has 0 radical (unpaired) electrons. The van der Waals surface area contributed by atoms with Crippen LogP contribution in [0.15, 0.2) is 12.1 Å². The Bertz CT molecular complexity index is 473. The van der Waals surface area contributed by atoms with E-state index in [2.05, 4.69) is 33.9 Å². The van der Waals surface area contributed by atoms with E-state index in [9.17, 15) is 4.79 Å². The van der Waals surface area contributed by atoms with Gasteiger partial charge in [0.15, 0.2) is 5.78 Å². The van der Waals surface area contributed by atoms with Crippen LogP contribution >= 0.6 is 0 Å². The number of rotatable bonds is 3. The molecule has 0 amide bonds. The van der Waals surface area contributed by atoms with Gasteiger partial charge in [0.05, 0.1) is 0 Å². The molecule has 0 spiro atoms. The van der Waals surface area contributed by atoms with Gasteiger partial charge in [-0.2, -0.15) is 0 Å².